The highest BCUT2D eigenvalue weighted by molar-refractivity contribution is 9.10. The molecule has 0 N–H and O–H groups in total. The van der Waals surface area contributed by atoms with Gasteiger partial charge in [-0.25, -0.2) is 8.42 Å². The van der Waals surface area contributed by atoms with Crippen LogP contribution in [0.15, 0.2) is 27.6 Å². The molecule has 2 rings (SSSR count). The lowest BCUT2D eigenvalue weighted by Gasteiger charge is -2.34. The van der Waals surface area contributed by atoms with E-state index in [4.69, 9.17) is 11.6 Å². The number of piperazine rings is 1. The van der Waals surface area contributed by atoms with E-state index in [9.17, 15) is 26.4 Å². The minimum Gasteiger partial charge on any atom is -0.336 e. The molecule has 0 aromatic heterocycles. The number of hydrogen-bond donors (Lipinski definition) is 0. The molecule has 0 atom stereocenters. The summed E-state index contributed by atoms with van der Waals surface area (Å²) in [6.45, 7) is -0.810. The normalized spacial score (nSPS) is 17.1. The van der Waals surface area contributed by atoms with Crippen LogP contribution in [-0.2, 0) is 14.8 Å². The third kappa shape index (κ3) is 6.05. The van der Waals surface area contributed by atoms with Crippen molar-refractivity contribution in [2.45, 2.75) is 11.1 Å². The first kappa shape index (κ1) is 22.4. The number of carbonyl (C=O) groups is 1. The number of hydrogen-bond acceptors (Lipinski definition) is 4. The minimum atomic E-state index is -4.46. The first-order chi connectivity index (χ1) is 12.4. The van der Waals surface area contributed by atoms with Gasteiger partial charge in [-0.2, -0.15) is 17.5 Å². The van der Waals surface area contributed by atoms with Crippen molar-refractivity contribution in [1.29, 1.82) is 0 Å². The third-order valence-electron chi connectivity index (χ3n) is 4.04. The second-order valence-electron chi connectivity index (χ2n) is 6.12. The van der Waals surface area contributed by atoms with Gasteiger partial charge in [0.25, 0.3) is 0 Å². The molecule has 27 heavy (non-hydrogen) atoms. The van der Waals surface area contributed by atoms with Crippen molar-refractivity contribution in [2.75, 3.05) is 46.3 Å². The van der Waals surface area contributed by atoms with Gasteiger partial charge in [-0.05, 0) is 18.2 Å². The molecule has 1 aromatic carbocycles. The standard InChI is InChI=1S/C15H18BrClF3N3O3S/c1-21(10-15(18,19)20)14(24)9-22-4-6-23(7-5-22)27(25,26)13-3-2-11(16)8-12(13)17/h2-3,8H,4-7,9-10H2,1H3. The molecule has 1 aliphatic rings. The monoisotopic (exact) mass is 491 g/mol. The fraction of sp³-hybridized carbons (Fsp3) is 0.533. The zero-order chi connectivity index (χ0) is 20.4. The predicted octanol–water partition coefficient (Wildman–Crippen LogP) is 2.43. The molecule has 0 bridgehead atoms. The largest absolute Gasteiger partial charge is 0.406 e. The van der Waals surface area contributed by atoms with Gasteiger partial charge < -0.3 is 4.90 Å². The van der Waals surface area contributed by atoms with Crippen molar-refractivity contribution < 1.29 is 26.4 Å². The molecule has 1 amide bonds. The van der Waals surface area contributed by atoms with Crippen LogP contribution in [0.3, 0.4) is 0 Å². The Bertz CT molecular complexity index is 799. The summed E-state index contributed by atoms with van der Waals surface area (Å²) >= 11 is 9.24. The number of carbonyl (C=O) groups excluding carboxylic acids is 1. The molecule has 0 aliphatic carbocycles. The highest BCUT2D eigenvalue weighted by Crippen LogP contribution is 2.28. The van der Waals surface area contributed by atoms with Crippen LogP contribution in [0, 0.1) is 0 Å². The quantitative estimate of drug-likeness (QED) is 0.634. The Labute approximate surface area is 169 Å². The van der Waals surface area contributed by atoms with Crippen LogP contribution in [0.25, 0.3) is 0 Å². The molecule has 6 nitrogen and oxygen atoms in total. The lowest BCUT2D eigenvalue weighted by atomic mass is 10.3. The summed E-state index contributed by atoms with van der Waals surface area (Å²) in [4.78, 5) is 14.1. The number of nitrogens with zero attached hydrogens (tertiary/aromatic N) is 3. The molecule has 152 valence electrons. The highest BCUT2D eigenvalue weighted by Gasteiger charge is 2.33. The van der Waals surface area contributed by atoms with Gasteiger partial charge >= 0.3 is 6.18 Å². The van der Waals surface area contributed by atoms with E-state index in [1.54, 1.807) is 11.0 Å². The van der Waals surface area contributed by atoms with Crippen LogP contribution in [-0.4, -0.2) is 80.9 Å². The van der Waals surface area contributed by atoms with Crippen molar-refractivity contribution in [2.24, 2.45) is 0 Å². The topological polar surface area (TPSA) is 60.9 Å². The van der Waals surface area contributed by atoms with Gasteiger partial charge in [0.05, 0.1) is 11.6 Å². The molecule has 1 fully saturated rings. The molecular weight excluding hydrogens is 475 g/mol. The number of rotatable bonds is 5. The first-order valence-electron chi connectivity index (χ1n) is 7.88. The van der Waals surface area contributed by atoms with E-state index in [2.05, 4.69) is 15.9 Å². The Morgan fingerprint density at radius 2 is 1.85 bits per heavy atom. The second kappa shape index (κ2) is 8.64. The summed E-state index contributed by atoms with van der Waals surface area (Å²) < 4.78 is 64.4. The van der Waals surface area contributed by atoms with E-state index in [0.717, 1.165) is 7.05 Å². The van der Waals surface area contributed by atoms with Crippen LogP contribution in [0.1, 0.15) is 0 Å². The average molecular weight is 493 g/mol. The Morgan fingerprint density at radius 3 is 2.37 bits per heavy atom. The Balaban J connectivity index is 1.95. The zero-order valence-corrected chi connectivity index (χ0v) is 17.5. The van der Waals surface area contributed by atoms with Crippen LogP contribution < -0.4 is 0 Å². The SMILES string of the molecule is CN(CC(F)(F)F)C(=O)CN1CCN(S(=O)(=O)c2ccc(Br)cc2Cl)CC1. The molecule has 1 heterocycles. The maximum Gasteiger partial charge on any atom is 0.406 e. The highest BCUT2D eigenvalue weighted by atomic mass is 79.9. The lowest BCUT2D eigenvalue weighted by Crippen LogP contribution is -2.51. The third-order valence-corrected chi connectivity index (χ3v) is 6.92. The first-order valence-corrected chi connectivity index (χ1v) is 10.5. The number of sulfonamides is 1. The molecule has 1 saturated heterocycles. The summed E-state index contributed by atoms with van der Waals surface area (Å²) in [6, 6.07) is 4.47. The Hall–Kier alpha value is -0.880. The fourth-order valence-corrected chi connectivity index (χ4v) is 5.05. The maximum absolute atomic E-state index is 12.7. The number of likely N-dealkylation sites (N-methyl/N-ethyl adjacent to an activating group) is 1. The van der Waals surface area contributed by atoms with Gasteiger partial charge in [0.2, 0.25) is 15.9 Å². The van der Waals surface area contributed by atoms with Gasteiger partial charge in [-0.1, -0.05) is 27.5 Å². The molecule has 1 aromatic rings. The van der Waals surface area contributed by atoms with E-state index < -0.39 is 28.7 Å². The van der Waals surface area contributed by atoms with Crippen LogP contribution in [0.5, 0.6) is 0 Å². The fourth-order valence-electron chi connectivity index (χ4n) is 2.62. The van der Waals surface area contributed by atoms with Crippen molar-refractivity contribution in [3.63, 3.8) is 0 Å². The summed E-state index contributed by atoms with van der Waals surface area (Å²) in [5.74, 6) is -0.667. The summed E-state index contributed by atoms with van der Waals surface area (Å²) in [6.07, 6.45) is -4.46. The van der Waals surface area contributed by atoms with E-state index in [1.165, 1.54) is 16.4 Å². The van der Waals surface area contributed by atoms with Gasteiger partial charge in [-0.3, -0.25) is 9.69 Å². The number of alkyl halides is 3. The van der Waals surface area contributed by atoms with E-state index in [0.29, 0.717) is 9.37 Å². The molecule has 1 aliphatic heterocycles. The van der Waals surface area contributed by atoms with Crippen molar-refractivity contribution in [1.82, 2.24) is 14.1 Å². The van der Waals surface area contributed by atoms with E-state index >= 15 is 0 Å². The predicted molar refractivity (Wildman–Crippen MR) is 98.0 cm³/mol. The summed E-state index contributed by atoms with van der Waals surface area (Å²) in [7, 11) is -2.70. The summed E-state index contributed by atoms with van der Waals surface area (Å²) in [5, 5.41) is 0.0933. The lowest BCUT2D eigenvalue weighted by molar-refractivity contribution is -0.159. The van der Waals surface area contributed by atoms with Crippen molar-refractivity contribution in [3.05, 3.63) is 27.7 Å². The Morgan fingerprint density at radius 1 is 1.26 bits per heavy atom. The van der Waals surface area contributed by atoms with E-state index in [1.807, 2.05) is 0 Å². The molecule has 0 unspecified atom stereocenters. The van der Waals surface area contributed by atoms with Crippen LogP contribution >= 0.6 is 27.5 Å². The van der Waals surface area contributed by atoms with Crippen molar-refractivity contribution >= 4 is 43.5 Å². The number of amides is 1. The van der Waals surface area contributed by atoms with Gasteiger partial charge in [0.1, 0.15) is 11.4 Å². The van der Waals surface area contributed by atoms with Gasteiger partial charge in [0, 0.05) is 37.7 Å². The van der Waals surface area contributed by atoms with Gasteiger partial charge in [-0.15, -0.1) is 0 Å². The van der Waals surface area contributed by atoms with E-state index in [-0.39, 0.29) is 42.6 Å². The molecule has 0 spiro atoms. The Kier molecular flexibility index (Phi) is 7.17. The summed E-state index contributed by atoms with van der Waals surface area (Å²) in [5.41, 5.74) is 0. The molecule has 0 saturated carbocycles. The molecule has 0 radical (unpaired) electrons. The maximum atomic E-state index is 12.7. The minimum absolute atomic E-state index is 0.0122. The van der Waals surface area contributed by atoms with Crippen LogP contribution in [0.2, 0.25) is 5.02 Å². The van der Waals surface area contributed by atoms with Crippen LogP contribution in [0.4, 0.5) is 13.2 Å². The van der Waals surface area contributed by atoms with Gasteiger partial charge in [0.15, 0.2) is 0 Å². The van der Waals surface area contributed by atoms with Crippen molar-refractivity contribution in [3.8, 4) is 0 Å². The average Bonchev–Trinajstić information content (AvgIpc) is 2.53. The number of halogens is 5. The second-order valence-corrected chi connectivity index (χ2v) is 9.35. The number of benzene rings is 1. The zero-order valence-electron chi connectivity index (χ0n) is 14.3. The smallest absolute Gasteiger partial charge is 0.336 e. The molecule has 12 heteroatoms. The molecular formula is C15H18BrClF3N3O3S.